The summed E-state index contributed by atoms with van der Waals surface area (Å²) in [6, 6.07) is 7.14. The third-order valence-corrected chi connectivity index (χ3v) is 4.78. The first-order valence-electron chi connectivity index (χ1n) is 9.74. The van der Waals surface area contributed by atoms with Crippen molar-refractivity contribution in [1.82, 2.24) is 19.9 Å². The molecule has 3 aromatic rings. The van der Waals surface area contributed by atoms with Gasteiger partial charge in [0.25, 0.3) is 0 Å². The standard InChI is InChI=1S/C20H23BrFN7O3/c1-11(31)12(2)32-18-15(21)9-24-20(29-18)27-14-5-3-13(4-6-14)26-19-25-10-16(22)17(28-19)23-7-8-30/h3-6,9-12,30-31H,7-8H2,1-2H3,(H,24,27,29)(H2,23,25,26,28)/t11-,12-/m1/s1. The summed E-state index contributed by atoms with van der Waals surface area (Å²) in [5.74, 6) is 0.239. The molecule has 0 bridgehead atoms. The Kier molecular flexibility index (Phi) is 8.09. The lowest BCUT2D eigenvalue weighted by molar-refractivity contribution is 0.0569. The van der Waals surface area contributed by atoms with E-state index >= 15 is 0 Å². The zero-order valence-electron chi connectivity index (χ0n) is 17.4. The molecule has 2 heterocycles. The number of nitrogens with one attached hydrogen (secondary N) is 3. The number of aromatic nitrogens is 4. The van der Waals surface area contributed by atoms with Gasteiger partial charge in [-0.1, -0.05) is 0 Å². The third-order valence-electron chi connectivity index (χ3n) is 4.23. The molecule has 0 aliphatic carbocycles. The van der Waals surface area contributed by atoms with Gasteiger partial charge in [-0.25, -0.2) is 14.4 Å². The van der Waals surface area contributed by atoms with Crippen molar-refractivity contribution in [3.05, 3.63) is 46.9 Å². The summed E-state index contributed by atoms with van der Waals surface area (Å²) in [6.45, 7) is 3.42. The van der Waals surface area contributed by atoms with Crippen LogP contribution in [0.5, 0.6) is 5.88 Å². The summed E-state index contributed by atoms with van der Waals surface area (Å²) >= 11 is 3.34. The van der Waals surface area contributed by atoms with Crippen LogP contribution in [0.25, 0.3) is 0 Å². The van der Waals surface area contributed by atoms with Crippen molar-refractivity contribution in [3.8, 4) is 5.88 Å². The maximum atomic E-state index is 13.7. The summed E-state index contributed by atoms with van der Waals surface area (Å²) < 4.78 is 19.9. The topological polar surface area (TPSA) is 137 Å². The number of halogens is 2. The molecule has 0 aliphatic heterocycles. The SMILES string of the molecule is C[C@@H](O)[C@@H](C)Oc1nc(Nc2ccc(Nc3ncc(F)c(NCCO)n3)cc2)ncc1Br. The summed E-state index contributed by atoms with van der Waals surface area (Å²) in [7, 11) is 0. The van der Waals surface area contributed by atoms with E-state index in [-0.39, 0.29) is 24.9 Å². The van der Waals surface area contributed by atoms with E-state index in [1.54, 1.807) is 44.3 Å². The van der Waals surface area contributed by atoms with E-state index < -0.39 is 18.0 Å². The molecular formula is C20H23BrFN7O3. The van der Waals surface area contributed by atoms with E-state index in [4.69, 9.17) is 9.84 Å². The minimum atomic E-state index is -0.653. The van der Waals surface area contributed by atoms with E-state index in [1.807, 2.05) is 0 Å². The number of benzene rings is 1. The van der Waals surface area contributed by atoms with E-state index in [9.17, 15) is 9.50 Å². The number of aliphatic hydroxyl groups excluding tert-OH is 2. The molecule has 0 aliphatic rings. The normalized spacial score (nSPS) is 12.7. The fourth-order valence-electron chi connectivity index (χ4n) is 2.39. The van der Waals surface area contributed by atoms with Crippen LogP contribution in [0.3, 0.4) is 0 Å². The number of ether oxygens (including phenoxy) is 1. The van der Waals surface area contributed by atoms with Gasteiger partial charge in [-0.05, 0) is 54.0 Å². The second-order valence-corrected chi connectivity index (χ2v) is 7.63. The van der Waals surface area contributed by atoms with Crippen molar-refractivity contribution in [2.24, 2.45) is 0 Å². The Morgan fingerprint density at radius 3 is 2.22 bits per heavy atom. The van der Waals surface area contributed by atoms with Gasteiger partial charge in [-0.3, -0.25) is 0 Å². The lowest BCUT2D eigenvalue weighted by Crippen LogP contribution is -2.26. The highest BCUT2D eigenvalue weighted by atomic mass is 79.9. The van der Waals surface area contributed by atoms with E-state index in [1.165, 1.54) is 0 Å². The van der Waals surface area contributed by atoms with Gasteiger partial charge in [0.15, 0.2) is 11.6 Å². The van der Waals surface area contributed by atoms with Crippen molar-refractivity contribution in [2.45, 2.75) is 26.1 Å². The van der Waals surface area contributed by atoms with Crippen molar-refractivity contribution < 1.29 is 19.3 Å². The number of nitrogens with zero attached hydrogens (tertiary/aromatic N) is 4. The molecular weight excluding hydrogens is 485 g/mol. The molecule has 12 heteroatoms. The van der Waals surface area contributed by atoms with Crippen molar-refractivity contribution >= 4 is 45.0 Å². The van der Waals surface area contributed by atoms with Gasteiger partial charge in [0, 0.05) is 17.9 Å². The van der Waals surface area contributed by atoms with E-state index in [0.717, 1.165) is 11.9 Å². The average Bonchev–Trinajstić information content (AvgIpc) is 2.77. The maximum absolute atomic E-state index is 13.7. The molecule has 0 radical (unpaired) electrons. The van der Waals surface area contributed by atoms with Crippen LogP contribution in [0.1, 0.15) is 13.8 Å². The number of aliphatic hydroxyl groups is 2. The van der Waals surface area contributed by atoms with Gasteiger partial charge in [0.1, 0.15) is 6.10 Å². The minimum absolute atomic E-state index is 0.00478. The summed E-state index contributed by atoms with van der Waals surface area (Å²) in [5.41, 5.74) is 1.40. The summed E-state index contributed by atoms with van der Waals surface area (Å²) in [5, 5.41) is 27.2. The fourth-order valence-corrected chi connectivity index (χ4v) is 2.67. The first kappa shape index (κ1) is 23.6. The predicted molar refractivity (Wildman–Crippen MR) is 122 cm³/mol. The van der Waals surface area contributed by atoms with Crippen LogP contribution in [0.4, 0.5) is 33.5 Å². The summed E-state index contributed by atoms with van der Waals surface area (Å²) in [4.78, 5) is 16.5. The Labute approximate surface area is 192 Å². The molecule has 0 unspecified atom stereocenters. The van der Waals surface area contributed by atoms with Crippen LogP contribution in [0.2, 0.25) is 0 Å². The molecule has 10 nitrogen and oxygen atoms in total. The van der Waals surface area contributed by atoms with Gasteiger partial charge < -0.3 is 30.9 Å². The first-order valence-corrected chi connectivity index (χ1v) is 10.5. The Morgan fingerprint density at radius 1 is 1.03 bits per heavy atom. The van der Waals surface area contributed by atoms with Gasteiger partial charge in [0.2, 0.25) is 17.8 Å². The molecule has 32 heavy (non-hydrogen) atoms. The zero-order valence-corrected chi connectivity index (χ0v) is 19.0. The molecule has 3 rings (SSSR count). The number of anilines is 5. The third kappa shape index (κ3) is 6.45. The Morgan fingerprint density at radius 2 is 1.62 bits per heavy atom. The summed E-state index contributed by atoms with van der Waals surface area (Å²) in [6.07, 6.45) is 1.52. The van der Waals surface area contributed by atoms with Crippen molar-refractivity contribution in [1.29, 1.82) is 0 Å². The van der Waals surface area contributed by atoms with Crippen LogP contribution in [-0.2, 0) is 0 Å². The van der Waals surface area contributed by atoms with Gasteiger partial charge >= 0.3 is 0 Å². The molecule has 0 saturated carbocycles. The first-order chi connectivity index (χ1) is 15.4. The largest absolute Gasteiger partial charge is 0.471 e. The van der Waals surface area contributed by atoms with Crippen molar-refractivity contribution in [2.75, 3.05) is 29.1 Å². The fraction of sp³-hybridized carbons (Fsp3) is 0.300. The highest BCUT2D eigenvalue weighted by molar-refractivity contribution is 9.10. The molecule has 2 atom stereocenters. The van der Waals surface area contributed by atoms with Crippen LogP contribution in [0.15, 0.2) is 41.1 Å². The lowest BCUT2D eigenvalue weighted by atomic mass is 10.3. The molecule has 170 valence electrons. The highest BCUT2D eigenvalue weighted by Gasteiger charge is 2.15. The quantitative estimate of drug-likeness (QED) is 0.278. The Bertz CT molecular complexity index is 1040. The Balaban J connectivity index is 1.66. The highest BCUT2D eigenvalue weighted by Crippen LogP contribution is 2.26. The molecule has 5 N–H and O–H groups in total. The molecule has 1 aromatic carbocycles. The van der Waals surface area contributed by atoms with Crippen LogP contribution in [0, 0.1) is 5.82 Å². The molecule has 0 saturated heterocycles. The van der Waals surface area contributed by atoms with Crippen LogP contribution < -0.4 is 20.7 Å². The minimum Gasteiger partial charge on any atom is -0.471 e. The molecule has 0 spiro atoms. The van der Waals surface area contributed by atoms with E-state index in [0.29, 0.717) is 22.0 Å². The number of rotatable bonds is 10. The maximum Gasteiger partial charge on any atom is 0.233 e. The average molecular weight is 508 g/mol. The van der Waals surface area contributed by atoms with Crippen LogP contribution >= 0.6 is 15.9 Å². The molecule has 2 aromatic heterocycles. The molecule has 0 fully saturated rings. The van der Waals surface area contributed by atoms with E-state index in [2.05, 4.69) is 51.8 Å². The zero-order chi connectivity index (χ0) is 23.1. The number of hydrogen-bond acceptors (Lipinski definition) is 10. The lowest BCUT2D eigenvalue weighted by Gasteiger charge is -2.17. The second-order valence-electron chi connectivity index (χ2n) is 6.78. The Hall–Kier alpha value is -3.09. The van der Waals surface area contributed by atoms with Crippen LogP contribution in [-0.4, -0.2) is 55.5 Å². The van der Waals surface area contributed by atoms with Gasteiger partial charge in [0.05, 0.1) is 29.6 Å². The monoisotopic (exact) mass is 507 g/mol. The number of hydrogen-bond donors (Lipinski definition) is 5. The van der Waals surface area contributed by atoms with Gasteiger partial charge in [-0.15, -0.1) is 0 Å². The van der Waals surface area contributed by atoms with Crippen molar-refractivity contribution in [3.63, 3.8) is 0 Å². The predicted octanol–water partition coefficient (Wildman–Crippen LogP) is 3.21. The molecule has 0 amide bonds. The smallest absolute Gasteiger partial charge is 0.233 e. The van der Waals surface area contributed by atoms with Gasteiger partial charge in [-0.2, -0.15) is 9.97 Å². The second kappa shape index (κ2) is 11.0.